The number of halogens is 1. The first-order valence-electron chi connectivity index (χ1n) is 7.24. The zero-order valence-electron chi connectivity index (χ0n) is 12.6. The molecule has 0 radical (unpaired) electrons. The van der Waals surface area contributed by atoms with Crippen LogP contribution in [0.5, 0.6) is 0 Å². The van der Waals surface area contributed by atoms with Crippen LogP contribution >= 0.6 is 11.6 Å². The Kier molecular flexibility index (Phi) is 5.63. The van der Waals surface area contributed by atoms with Gasteiger partial charge in [0.2, 0.25) is 11.8 Å². The monoisotopic (exact) mass is 324 g/mol. The highest BCUT2D eigenvalue weighted by molar-refractivity contribution is 6.30. The highest BCUT2D eigenvalue weighted by Gasteiger charge is 2.20. The van der Waals surface area contributed by atoms with E-state index in [1.807, 2.05) is 18.2 Å². The normalized spacial score (nSPS) is 15.6. The quantitative estimate of drug-likeness (QED) is 0.820. The van der Waals surface area contributed by atoms with E-state index in [0.29, 0.717) is 0 Å². The Bertz CT molecular complexity index is 556. The van der Waals surface area contributed by atoms with E-state index in [0.717, 1.165) is 36.9 Å². The van der Waals surface area contributed by atoms with E-state index in [2.05, 4.69) is 22.0 Å². The number of carbonyl (C=O) groups excluding carboxylic acids is 2. The molecule has 6 nitrogen and oxygen atoms in total. The van der Waals surface area contributed by atoms with Crippen molar-refractivity contribution in [3.63, 3.8) is 0 Å². The smallest absolute Gasteiger partial charge is 0.236 e. The zero-order chi connectivity index (χ0) is 16.1. The summed E-state index contributed by atoms with van der Waals surface area (Å²) in [7, 11) is 0. The standard InChI is InChI=1S/C15H21ClN4O2/c1-11-2-3-12(16)8-13(11)20-6-4-19(5-7-20)10-15(22)18-9-14(17)21/h2-3,8H,4-7,9-10H2,1H3,(H2,17,21)(H,18,22). The van der Waals surface area contributed by atoms with Crippen molar-refractivity contribution in [3.8, 4) is 0 Å². The van der Waals surface area contributed by atoms with Crippen molar-refractivity contribution in [2.45, 2.75) is 6.92 Å². The molecule has 3 N–H and O–H groups in total. The number of aryl methyl sites for hydroxylation is 1. The molecular weight excluding hydrogens is 304 g/mol. The molecule has 1 fully saturated rings. The number of rotatable bonds is 5. The summed E-state index contributed by atoms with van der Waals surface area (Å²) in [5.74, 6) is -0.708. The molecule has 1 aromatic carbocycles. The van der Waals surface area contributed by atoms with Crippen LogP contribution in [-0.4, -0.2) is 56.0 Å². The number of benzene rings is 1. The van der Waals surface area contributed by atoms with E-state index >= 15 is 0 Å². The number of hydrogen-bond donors (Lipinski definition) is 2. The molecule has 0 spiro atoms. The van der Waals surface area contributed by atoms with Crippen LogP contribution in [0.25, 0.3) is 0 Å². The van der Waals surface area contributed by atoms with E-state index in [4.69, 9.17) is 17.3 Å². The number of anilines is 1. The summed E-state index contributed by atoms with van der Waals surface area (Å²) in [4.78, 5) is 26.6. The van der Waals surface area contributed by atoms with Crippen molar-refractivity contribution < 1.29 is 9.59 Å². The second kappa shape index (κ2) is 7.47. The first kappa shape index (κ1) is 16.6. The largest absolute Gasteiger partial charge is 0.369 e. The molecule has 2 rings (SSSR count). The molecule has 1 aromatic rings. The van der Waals surface area contributed by atoms with Crippen LogP contribution in [0.2, 0.25) is 5.02 Å². The lowest BCUT2D eigenvalue weighted by molar-refractivity contribution is -0.125. The minimum absolute atomic E-state index is 0.111. The van der Waals surface area contributed by atoms with Crippen LogP contribution in [0, 0.1) is 6.92 Å². The minimum atomic E-state index is -0.533. The summed E-state index contributed by atoms with van der Waals surface area (Å²) in [6.07, 6.45) is 0. The van der Waals surface area contributed by atoms with Gasteiger partial charge in [-0.15, -0.1) is 0 Å². The van der Waals surface area contributed by atoms with Gasteiger partial charge in [-0.1, -0.05) is 17.7 Å². The molecule has 0 saturated carbocycles. The van der Waals surface area contributed by atoms with Crippen molar-refractivity contribution >= 4 is 29.1 Å². The number of amides is 2. The van der Waals surface area contributed by atoms with Gasteiger partial charge in [0.1, 0.15) is 0 Å². The summed E-state index contributed by atoms with van der Waals surface area (Å²) in [5.41, 5.74) is 7.33. The maximum absolute atomic E-state index is 11.7. The molecule has 1 heterocycles. The predicted molar refractivity (Wildman–Crippen MR) is 87.0 cm³/mol. The summed E-state index contributed by atoms with van der Waals surface area (Å²) in [6.45, 7) is 5.49. The van der Waals surface area contributed by atoms with Crippen molar-refractivity contribution in [1.82, 2.24) is 10.2 Å². The fraction of sp³-hybridized carbons (Fsp3) is 0.467. The van der Waals surface area contributed by atoms with Crippen LogP contribution in [0.3, 0.4) is 0 Å². The van der Waals surface area contributed by atoms with E-state index in [9.17, 15) is 9.59 Å². The summed E-state index contributed by atoms with van der Waals surface area (Å²) in [5, 5.41) is 3.23. The molecule has 0 unspecified atom stereocenters. The molecule has 22 heavy (non-hydrogen) atoms. The lowest BCUT2D eigenvalue weighted by atomic mass is 10.1. The van der Waals surface area contributed by atoms with Crippen LogP contribution in [0.1, 0.15) is 5.56 Å². The first-order valence-corrected chi connectivity index (χ1v) is 7.62. The van der Waals surface area contributed by atoms with Crippen LogP contribution in [0.4, 0.5) is 5.69 Å². The molecule has 7 heteroatoms. The lowest BCUT2D eigenvalue weighted by Gasteiger charge is -2.36. The number of nitrogens with zero attached hydrogens (tertiary/aromatic N) is 2. The minimum Gasteiger partial charge on any atom is -0.369 e. The van der Waals surface area contributed by atoms with Crippen molar-refractivity contribution in [2.24, 2.45) is 5.73 Å². The SMILES string of the molecule is Cc1ccc(Cl)cc1N1CCN(CC(=O)NCC(N)=O)CC1. The predicted octanol–water partition coefficient (Wildman–Crippen LogP) is 0.372. The Balaban J connectivity index is 1.84. The van der Waals surface area contributed by atoms with Gasteiger partial charge in [-0.2, -0.15) is 0 Å². The molecule has 0 aromatic heterocycles. The number of hydrogen-bond acceptors (Lipinski definition) is 4. The van der Waals surface area contributed by atoms with Gasteiger partial charge in [0.05, 0.1) is 13.1 Å². The third-order valence-corrected chi connectivity index (χ3v) is 3.95. The topological polar surface area (TPSA) is 78.7 Å². The van der Waals surface area contributed by atoms with Gasteiger partial charge in [0, 0.05) is 36.9 Å². The van der Waals surface area contributed by atoms with Gasteiger partial charge in [-0.05, 0) is 24.6 Å². The van der Waals surface area contributed by atoms with Crippen molar-refractivity contribution in [3.05, 3.63) is 28.8 Å². The molecule has 2 amide bonds. The van der Waals surface area contributed by atoms with Crippen molar-refractivity contribution in [2.75, 3.05) is 44.2 Å². The number of carbonyl (C=O) groups is 2. The molecule has 0 aliphatic carbocycles. The summed E-state index contributed by atoms with van der Waals surface area (Å²) in [6, 6.07) is 5.88. The molecule has 0 bridgehead atoms. The second-order valence-electron chi connectivity index (χ2n) is 5.44. The number of nitrogens with two attached hydrogens (primary N) is 1. The Morgan fingerprint density at radius 3 is 2.59 bits per heavy atom. The Morgan fingerprint density at radius 2 is 1.95 bits per heavy atom. The Morgan fingerprint density at radius 1 is 1.27 bits per heavy atom. The van der Waals surface area contributed by atoms with Gasteiger partial charge >= 0.3 is 0 Å². The Labute approximate surface area is 135 Å². The highest BCUT2D eigenvalue weighted by Crippen LogP contribution is 2.25. The van der Waals surface area contributed by atoms with Crippen LogP contribution < -0.4 is 16.0 Å². The van der Waals surface area contributed by atoms with Gasteiger partial charge < -0.3 is 16.0 Å². The average molecular weight is 325 g/mol. The van der Waals surface area contributed by atoms with Crippen LogP contribution in [0.15, 0.2) is 18.2 Å². The fourth-order valence-electron chi connectivity index (χ4n) is 2.51. The van der Waals surface area contributed by atoms with Crippen molar-refractivity contribution in [1.29, 1.82) is 0 Å². The zero-order valence-corrected chi connectivity index (χ0v) is 13.4. The maximum atomic E-state index is 11.7. The van der Waals surface area contributed by atoms with E-state index in [1.54, 1.807) is 0 Å². The number of primary amides is 1. The van der Waals surface area contributed by atoms with E-state index < -0.39 is 5.91 Å². The second-order valence-corrected chi connectivity index (χ2v) is 5.87. The van der Waals surface area contributed by atoms with Crippen LogP contribution in [-0.2, 0) is 9.59 Å². The first-order chi connectivity index (χ1) is 10.5. The number of nitrogens with one attached hydrogen (secondary N) is 1. The molecule has 0 atom stereocenters. The third-order valence-electron chi connectivity index (χ3n) is 3.71. The summed E-state index contributed by atoms with van der Waals surface area (Å²) < 4.78 is 0. The van der Waals surface area contributed by atoms with Gasteiger partial charge in [-0.3, -0.25) is 14.5 Å². The Hall–Kier alpha value is -1.79. The maximum Gasteiger partial charge on any atom is 0.236 e. The van der Waals surface area contributed by atoms with Gasteiger partial charge in [-0.25, -0.2) is 0 Å². The molecule has 1 aliphatic heterocycles. The van der Waals surface area contributed by atoms with Gasteiger partial charge in [0.25, 0.3) is 0 Å². The molecular formula is C15H21ClN4O2. The average Bonchev–Trinajstić information content (AvgIpc) is 2.48. The molecule has 120 valence electrons. The van der Waals surface area contributed by atoms with E-state index in [1.165, 1.54) is 5.56 Å². The van der Waals surface area contributed by atoms with Gasteiger partial charge in [0.15, 0.2) is 0 Å². The molecule has 1 aliphatic rings. The lowest BCUT2D eigenvalue weighted by Crippen LogP contribution is -2.50. The summed E-state index contributed by atoms with van der Waals surface area (Å²) >= 11 is 6.07. The van der Waals surface area contributed by atoms with E-state index in [-0.39, 0.29) is 19.0 Å². The fourth-order valence-corrected chi connectivity index (χ4v) is 2.68. The third kappa shape index (κ3) is 4.61. The highest BCUT2D eigenvalue weighted by atomic mass is 35.5. The molecule has 1 saturated heterocycles. The number of piperazine rings is 1.